The van der Waals surface area contributed by atoms with Gasteiger partial charge in [0, 0.05) is 10.9 Å². The number of H-pyrrole nitrogens is 1. The number of nitrogens with one attached hydrogen (secondary N) is 1. The van der Waals surface area contributed by atoms with Gasteiger partial charge in [-0.15, -0.1) is 10.2 Å². The first-order chi connectivity index (χ1) is 13.1. The standard InChI is InChI=1S/C19H14N4O3S/c1-26-12-8-6-11(7-9-12)10-15(18(24)25)27-19-21-17-16(22-23-19)13-4-2-3-5-14(13)20-17/h2-10H,1H3,(H,24,25)(H,20,21,23)/b15-10-. The first-order valence-corrected chi connectivity index (χ1v) is 8.84. The number of aromatic amines is 1. The Hall–Kier alpha value is -3.39. The summed E-state index contributed by atoms with van der Waals surface area (Å²) in [6.45, 7) is 0. The van der Waals surface area contributed by atoms with Crippen molar-refractivity contribution in [2.45, 2.75) is 5.16 Å². The van der Waals surface area contributed by atoms with Gasteiger partial charge in [0.05, 0.1) is 7.11 Å². The predicted octanol–water partition coefficient (Wildman–Crippen LogP) is 3.73. The molecule has 7 nitrogen and oxygen atoms in total. The van der Waals surface area contributed by atoms with Gasteiger partial charge in [-0.2, -0.15) is 0 Å². The van der Waals surface area contributed by atoms with E-state index in [1.807, 2.05) is 24.3 Å². The molecule has 0 amide bonds. The van der Waals surface area contributed by atoms with Gasteiger partial charge in [-0.25, -0.2) is 9.78 Å². The molecule has 2 N–H and O–H groups in total. The van der Waals surface area contributed by atoms with Gasteiger partial charge in [0.2, 0.25) is 5.16 Å². The Bertz CT molecular complexity index is 1170. The summed E-state index contributed by atoms with van der Waals surface area (Å²) in [4.78, 5) is 19.3. The molecule has 8 heteroatoms. The zero-order valence-corrected chi connectivity index (χ0v) is 15.0. The van der Waals surface area contributed by atoms with E-state index >= 15 is 0 Å². The van der Waals surface area contributed by atoms with Crippen molar-refractivity contribution in [1.29, 1.82) is 0 Å². The van der Waals surface area contributed by atoms with Crippen LogP contribution < -0.4 is 4.74 Å². The molecular weight excluding hydrogens is 364 g/mol. The van der Waals surface area contributed by atoms with Crippen LogP contribution in [0.25, 0.3) is 28.1 Å². The van der Waals surface area contributed by atoms with Crippen LogP contribution in [-0.4, -0.2) is 38.4 Å². The van der Waals surface area contributed by atoms with Crippen molar-refractivity contribution in [1.82, 2.24) is 20.2 Å². The van der Waals surface area contributed by atoms with Crippen molar-refractivity contribution >= 4 is 45.9 Å². The van der Waals surface area contributed by atoms with Gasteiger partial charge in [-0.1, -0.05) is 30.3 Å². The number of para-hydroxylation sites is 1. The van der Waals surface area contributed by atoms with Crippen molar-refractivity contribution in [2.75, 3.05) is 7.11 Å². The van der Waals surface area contributed by atoms with Gasteiger partial charge >= 0.3 is 5.97 Å². The Morgan fingerprint density at radius 1 is 1.15 bits per heavy atom. The van der Waals surface area contributed by atoms with Gasteiger partial charge in [0.15, 0.2) is 5.65 Å². The average Bonchev–Trinajstić information content (AvgIpc) is 3.05. The first kappa shape index (κ1) is 17.0. The summed E-state index contributed by atoms with van der Waals surface area (Å²) in [5.74, 6) is -0.357. The van der Waals surface area contributed by atoms with E-state index in [-0.39, 0.29) is 10.1 Å². The fourth-order valence-corrected chi connectivity index (χ4v) is 3.33. The minimum absolute atomic E-state index is 0.0948. The van der Waals surface area contributed by atoms with E-state index < -0.39 is 5.97 Å². The quantitative estimate of drug-likeness (QED) is 0.403. The number of hydrogen-bond donors (Lipinski definition) is 2. The third-order valence-corrected chi connectivity index (χ3v) is 4.80. The topological polar surface area (TPSA) is 101 Å². The fourth-order valence-electron chi connectivity index (χ4n) is 2.63. The molecule has 0 fully saturated rings. The van der Waals surface area contributed by atoms with Crippen LogP contribution in [-0.2, 0) is 4.79 Å². The average molecular weight is 378 g/mol. The lowest BCUT2D eigenvalue weighted by molar-refractivity contribution is -0.131. The van der Waals surface area contributed by atoms with Crippen molar-refractivity contribution in [3.63, 3.8) is 0 Å². The number of fused-ring (bicyclic) bond motifs is 3. The van der Waals surface area contributed by atoms with E-state index in [4.69, 9.17) is 4.74 Å². The summed E-state index contributed by atoms with van der Waals surface area (Å²) < 4.78 is 5.11. The summed E-state index contributed by atoms with van der Waals surface area (Å²) >= 11 is 0.952. The molecule has 27 heavy (non-hydrogen) atoms. The lowest BCUT2D eigenvalue weighted by Gasteiger charge is -2.03. The number of nitrogens with zero attached hydrogens (tertiary/aromatic N) is 3. The van der Waals surface area contributed by atoms with Crippen molar-refractivity contribution < 1.29 is 14.6 Å². The lowest BCUT2D eigenvalue weighted by atomic mass is 10.2. The summed E-state index contributed by atoms with van der Waals surface area (Å²) in [7, 11) is 1.58. The maximum Gasteiger partial charge on any atom is 0.342 e. The number of rotatable bonds is 5. The van der Waals surface area contributed by atoms with E-state index in [9.17, 15) is 9.90 Å². The van der Waals surface area contributed by atoms with Crippen molar-refractivity contribution in [2.24, 2.45) is 0 Å². The molecule has 2 aromatic heterocycles. The smallest absolute Gasteiger partial charge is 0.342 e. The zero-order valence-electron chi connectivity index (χ0n) is 14.2. The second-order valence-electron chi connectivity index (χ2n) is 5.65. The predicted molar refractivity (Wildman–Crippen MR) is 104 cm³/mol. The van der Waals surface area contributed by atoms with Gasteiger partial charge in [-0.05, 0) is 41.6 Å². The number of ether oxygens (including phenoxy) is 1. The molecule has 0 atom stereocenters. The van der Waals surface area contributed by atoms with E-state index in [2.05, 4.69) is 20.2 Å². The first-order valence-electron chi connectivity index (χ1n) is 8.02. The van der Waals surface area contributed by atoms with E-state index in [1.54, 1.807) is 37.5 Å². The molecule has 0 radical (unpaired) electrons. The highest BCUT2D eigenvalue weighted by Crippen LogP contribution is 2.28. The molecule has 0 spiro atoms. The maximum atomic E-state index is 11.6. The van der Waals surface area contributed by atoms with Crippen LogP contribution in [0.1, 0.15) is 5.56 Å². The van der Waals surface area contributed by atoms with Crippen LogP contribution in [0.15, 0.2) is 58.6 Å². The van der Waals surface area contributed by atoms with E-state index in [0.29, 0.717) is 16.9 Å². The molecule has 0 saturated heterocycles. The van der Waals surface area contributed by atoms with E-state index in [1.165, 1.54) is 0 Å². The van der Waals surface area contributed by atoms with Crippen LogP contribution >= 0.6 is 11.8 Å². The molecule has 0 bridgehead atoms. The van der Waals surface area contributed by atoms with Crippen LogP contribution in [0, 0.1) is 0 Å². The van der Waals surface area contributed by atoms with Crippen molar-refractivity contribution in [3.05, 3.63) is 59.0 Å². The third-order valence-electron chi connectivity index (χ3n) is 3.93. The van der Waals surface area contributed by atoms with Gasteiger partial charge in [0.25, 0.3) is 0 Å². The number of carboxylic acid groups (broad SMARTS) is 1. The molecule has 2 heterocycles. The molecule has 4 rings (SSSR count). The molecule has 2 aromatic carbocycles. The molecule has 0 aliphatic carbocycles. The van der Waals surface area contributed by atoms with Crippen LogP contribution in [0.3, 0.4) is 0 Å². The van der Waals surface area contributed by atoms with Gasteiger partial charge in [0.1, 0.15) is 16.2 Å². The molecule has 134 valence electrons. The molecule has 0 saturated carbocycles. The van der Waals surface area contributed by atoms with Gasteiger partial charge < -0.3 is 14.8 Å². The largest absolute Gasteiger partial charge is 0.497 e. The summed E-state index contributed by atoms with van der Waals surface area (Å²) in [6, 6.07) is 14.8. The summed E-state index contributed by atoms with van der Waals surface area (Å²) in [5, 5.41) is 19.0. The highest BCUT2D eigenvalue weighted by atomic mass is 32.2. The lowest BCUT2D eigenvalue weighted by Crippen LogP contribution is -1.99. The summed E-state index contributed by atoms with van der Waals surface area (Å²) in [6.07, 6.45) is 1.56. The third kappa shape index (κ3) is 3.47. The number of aliphatic carboxylic acids is 1. The molecule has 0 unspecified atom stereocenters. The number of methoxy groups -OCH3 is 1. The normalized spacial score (nSPS) is 11.8. The van der Waals surface area contributed by atoms with Crippen LogP contribution in [0.2, 0.25) is 0 Å². The Morgan fingerprint density at radius 3 is 2.67 bits per heavy atom. The number of benzene rings is 2. The minimum atomic E-state index is -1.06. The zero-order chi connectivity index (χ0) is 18.8. The Morgan fingerprint density at radius 2 is 1.93 bits per heavy atom. The van der Waals surface area contributed by atoms with Crippen LogP contribution in [0.4, 0.5) is 0 Å². The van der Waals surface area contributed by atoms with E-state index in [0.717, 1.165) is 28.2 Å². The Kier molecular flexibility index (Phi) is 4.47. The van der Waals surface area contributed by atoms with Crippen molar-refractivity contribution in [3.8, 4) is 5.75 Å². The highest BCUT2D eigenvalue weighted by Gasteiger charge is 2.15. The number of carbonyl (C=O) groups is 1. The monoisotopic (exact) mass is 378 g/mol. The molecule has 4 aromatic rings. The minimum Gasteiger partial charge on any atom is -0.497 e. The number of carboxylic acids is 1. The van der Waals surface area contributed by atoms with Gasteiger partial charge in [-0.3, -0.25) is 0 Å². The van der Waals surface area contributed by atoms with Crippen LogP contribution in [0.5, 0.6) is 5.75 Å². The summed E-state index contributed by atoms with van der Waals surface area (Å²) in [5.41, 5.74) is 2.87. The second-order valence-corrected chi connectivity index (χ2v) is 6.66. The highest BCUT2D eigenvalue weighted by molar-refractivity contribution is 8.04. The fraction of sp³-hybridized carbons (Fsp3) is 0.0526. The number of hydrogen-bond acceptors (Lipinski definition) is 6. The number of thioether (sulfide) groups is 1. The Balaban J connectivity index is 1.67. The molecular formula is C19H14N4O3S. The number of aromatic nitrogens is 4. The SMILES string of the molecule is COc1ccc(/C=C(\Sc2nnc3c(n2)[nH]c2ccccc23)C(=O)O)cc1. The molecule has 0 aliphatic heterocycles. The second kappa shape index (κ2) is 7.08. The Labute approximate surface area is 158 Å². The maximum absolute atomic E-state index is 11.6. The molecule has 0 aliphatic rings.